The highest BCUT2D eigenvalue weighted by Gasteiger charge is 2.38. The highest BCUT2D eigenvalue weighted by molar-refractivity contribution is 6.05. The molecule has 0 bridgehead atoms. The van der Waals surface area contributed by atoms with Crippen LogP contribution in [-0.4, -0.2) is 77.1 Å². The summed E-state index contributed by atoms with van der Waals surface area (Å²) in [7, 11) is 3.87. The van der Waals surface area contributed by atoms with Crippen molar-refractivity contribution in [3.8, 4) is 0 Å². The Bertz CT molecular complexity index is 1280. The Balaban J connectivity index is 1.62. The molecule has 2 amide bonds. The van der Waals surface area contributed by atoms with Gasteiger partial charge in [-0.3, -0.25) is 14.9 Å². The molecule has 2 aliphatic heterocycles. The number of hydrogen-bond donors (Lipinski definition) is 2. The van der Waals surface area contributed by atoms with Gasteiger partial charge in [-0.05, 0) is 58.0 Å². The number of fused-ring (bicyclic) bond motifs is 1. The van der Waals surface area contributed by atoms with Crippen molar-refractivity contribution in [1.29, 1.82) is 0 Å². The summed E-state index contributed by atoms with van der Waals surface area (Å²) in [5, 5.41) is 5.03. The second kappa shape index (κ2) is 11.4. The molecule has 4 rings (SSSR count). The summed E-state index contributed by atoms with van der Waals surface area (Å²) in [6, 6.07) is 3.71. The fourth-order valence-corrected chi connectivity index (χ4v) is 4.77. The van der Waals surface area contributed by atoms with Crippen LogP contribution in [0.4, 0.5) is 19.1 Å². The van der Waals surface area contributed by atoms with Crippen LogP contribution in [0.15, 0.2) is 54.3 Å². The molecular weight excluding hydrogens is 497 g/mol. The normalized spacial score (nSPS) is 20.5. The predicted molar refractivity (Wildman–Crippen MR) is 140 cm³/mol. The van der Waals surface area contributed by atoms with Gasteiger partial charge in [-0.2, -0.15) is 13.2 Å². The molecule has 3 heterocycles. The van der Waals surface area contributed by atoms with Crippen LogP contribution < -0.4 is 10.6 Å². The fraction of sp³-hybridized carbons (Fsp3) is 0.444. The van der Waals surface area contributed by atoms with Gasteiger partial charge in [0.15, 0.2) is 0 Å². The van der Waals surface area contributed by atoms with E-state index in [-0.39, 0.29) is 17.5 Å². The van der Waals surface area contributed by atoms with E-state index < -0.39 is 18.1 Å². The number of imidazole rings is 1. The molecule has 2 atom stereocenters. The number of halogens is 3. The molecule has 0 saturated carbocycles. The Kier molecular flexibility index (Phi) is 8.25. The monoisotopic (exact) mass is 530 g/mol. The van der Waals surface area contributed by atoms with Crippen molar-refractivity contribution in [2.75, 3.05) is 39.0 Å². The number of nitrogens with one attached hydrogen (secondary N) is 2. The second-order valence-corrected chi connectivity index (χ2v) is 9.95. The lowest BCUT2D eigenvalue weighted by Gasteiger charge is -2.26. The molecule has 1 fully saturated rings. The van der Waals surface area contributed by atoms with Gasteiger partial charge in [-0.25, -0.2) is 4.98 Å². The Hall–Kier alpha value is -3.60. The molecule has 0 aliphatic carbocycles. The number of rotatable bonds is 6. The number of carbonyl (C=O) groups excluding carboxylic acids is 2. The number of benzene rings is 1. The Morgan fingerprint density at radius 3 is 2.74 bits per heavy atom. The molecule has 2 aliphatic rings. The van der Waals surface area contributed by atoms with Crippen molar-refractivity contribution in [3.63, 3.8) is 0 Å². The number of anilines is 1. The minimum absolute atomic E-state index is 0.0597. The number of para-hydroxylation sites is 1. The standard InChI is InChI=1S/C27H33F3N6O2/c1-18-8-6-10-21-24(18)36(20-9-4-5-15-35(17-20)23(37)11-7-14-34(2)3)26(32-21)33-25(38)19-12-13-22(31-16-19)27(28,29)30/h6-8,10-13,16,20,22,31H,4-5,9,14-15,17H2,1-3H3,(H,32,33,38)/b11-7+. The highest BCUT2D eigenvalue weighted by Crippen LogP contribution is 2.32. The third-order valence-electron chi connectivity index (χ3n) is 6.69. The molecule has 2 N–H and O–H groups in total. The van der Waals surface area contributed by atoms with Gasteiger partial charge in [-0.1, -0.05) is 24.3 Å². The molecule has 2 unspecified atom stereocenters. The first-order chi connectivity index (χ1) is 18.0. The van der Waals surface area contributed by atoms with Crippen LogP contribution >= 0.6 is 0 Å². The van der Waals surface area contributed by atoms with Crippen LogP contribution in [0.2, 0.25) is 0 Å². The number of amides is 2. The van der Waals surface area contributed by atoms with Crippen LogP contribution in [0, 0.1) is 6.92 Å². The van der Waals surface area contributed by atoms with E-state index >= 15 is 0 Å². The lowest BCUT2D eigenvalue weighted by atomic mass is 10.1. The first-order valence-electron chi connectivity index (χ1n) is 12.6. The van der Waals surface area contributed by atoms with Crippen LogP contribution in [0.3, 0.4) is 0 Å². The van der Waals surface area contributed by atoms with E-state index in [1.54, 1.807) is 6.08 Å². The van der Waals surface area contributed by atoms with E-state index in [1.807, 2.05) is 59.7 Å². The molecule has 1 saturated heterocycles. The average Bonchev–Trinajstić information content (AvgIpc) is 3.05. The molecule has 0 spiro atoms. The van der Waals surface area contributed by atoms with Crippen LogP contribution in [0.25, 0.3) is 11.0 Å². The van der Waals surface area contributed by atoms with E-state index in [9.17, 15) is 22.8 Å². The smallest absolute Gasteiger partial charge is 0.376 e. The number of alkyl halides is 3. The van der Waals surface area contributed by atoms with Crippen molar-refractivity contribution >= 4 is 28.8 Å². The third kappa shape index (κ3) is 6.27. The molecular formula is C27H33F3N6O2. The van der Waals surface area contributed by atoms with E-state index in [4.69, 9.17) is 0 Å². The predicted octanol–water partition coefficient (Wildman–Crippen LogP) is 3.93. The minimum Gasteiger partial charge on any atom is -0.376 e. The summed E-state index contributed by atoms with van der Waals surface area (Å²) in [6.45, 7) is 3.71. The zero-order valence-corrected chi connectivity index (χ0v) is 21.8. The number of likely N-dealkylation sites (tertiary alicyclic amines) is 1. The number of likely N-dealkylation sites (N-methyl/N-ethyl adjacent to an activating group) is 1. The molecule has 1 aromatic carbocycles. The minimum atomic E-state index is -4.45. The van der Waals surface area contributed by atoms with Crippen molar-refractivity contribution < 1.29 is 22.8 Å². The van der Waals surface area contributed by atoms with Gasteiger partial charge in [0.05, 0.1) is 22.6 Å². The number of hydrogen-bond acceptors (Lipinski definition) is 5. The number of dihydropyridines is 1. The number of carbonyl (C=O) groups is 2. The van der Waals surface area contributed by atoms with Gasteiger partial charge in [0.25, 0.3) is 5.91 Å². The number of nitrogens with zero attached hydrogens (tertiary/aromatic N) is 4. The van der Waals surface area contributed by atoms with E-state index in [0.717, 1.165) is 48.7 Å². The summed E-state index contributed by atoms with van der Waals surface area (Å²) in [6.07, 6.45) is 4.67. The average molecular weight is 531 g/mol. The first kappa shape index (κ1) is 27.4. The van der Waals surface area contributed by atoms with E-state index in [1.165, 1.54) is 0 Å². The molecule has 2 aromatic rings. The Morgan fingerprint density at radius 2 is 2.05 bits per heavy atom. The third-order valence-corrected chi connectivity index (χ3v) is 6.69. The van der Waals surface area contributed by atoms with E-state index in [0.29, 0.717) is 31.1 Å². The van der Waals surface area contributed by atoms with Crippen molar-refractivity contribution in [3.05, 3.63) is 59.8 Å². The number of aryl methyl sites for hydroxylation is 1. The summed E-state index contributed by atoms with van der Waals surface area (Å²) in [4.78, 5) is 34.5. The molecule has 11 heteroatoms. The zero-order valence-electron chi connectivity index (χ0n) is 21.8. The summed E-state index contributed by atoms with van der Waals surface area (Å²) in [5.74, 6) is -0.334. The van der Waals surface area contributed by atoms with Gasteiger partial charge in [0, 0.05) is 31.9 Å². The molecule has 1 aromatic heterocycles. The maximum atomic E-state index is 13.1. The summed E-state index contributed by atoms with van der Waals surface area (Å²) < 4.78 is 40.9. The van der Waals surface area contributed by atoms with Crippen molar-refractivity contribution in [1.82, 2.24) is 24.7 Å². The summed E-state index contributed by atoms with van der Waals surface area (Å²) in [5.41, 5.74) is 2.57. The van der Waals surface area contributed by atoms with Crippen LogP contribution in [0.5, 0.6) is 0 Å². The lowest BCUT2D eigenvalue weighted by molar-refractivity contribution is -0.142. The largest absolute Gasteiger partial charge is 0.412 e. The maximum absolute atomic E-state index is 13.1. The van der Waals surface area contributed by atoms with Crippen molar-refractivity contribution in [2.24, 2.45) is 0 Å². The summed E-state index contributed by atoms with van der Waals surface area (Å²) >= 11 is 0. The lowest BCUT2D eigenvalue weighted by Crippen LogP contribution is -2.40. The van der Waals surface area contributed by atoms with Crippen LogP contribution in [-0.2, 0) is 9.59 Å². The highest BCUT2D eigenvalue weighted by atomic mass is 19.4. The quantitative estimate of drug-likeness (QED) is 0.554. The maximum Gasteiger partial charge on any atom is 0.412 e. The van der Waals surface area contributed by atoms with Gasteiger partial charge in [-0.15, -0.1) is 0 Å². The Morgan fingerprint density at radius 1 is 1.26 bits per heavy atom. The fourth-order valence-electron chi connectivity index (χ4n) is 4.77. The number of aromatic nitrogens is 2. The molecule has 0 radical (unpaired) electrons. The van der Waals surface area contributed by atoms with Gasteiger partial charge < -0.3 is 19.7 Å². The van der Waals surface area contributed by atoms with E-state index in [2.05, 4.69) is 15.6 Å². The Labute approximate surface area is 219 Å². The van der Waals surface area contributed by atoms with Gasteiger partial charge in [0.2, 0.25) is 11.9 Å². The molecule has 38 heavy (non-hydrogen) atoms. The zero-order chi connectivity index (χ0) is 27.4. The second-order valence-electron chi connectivity index (χ2n) is 9.95. The van der Waals surface area contributed by atoms with Crippen LogP contribution in [0.1, 0.15) is 30.9 Å². The molecule has 204 valence electrons. The SMILES string of the molecule is Cc1cccc2nc(NC(=O)C3=CNC(C(F)(F)F)C=C3)n(C3CCCCN(C(=O)/C=C/CN(C)C)C3)c12. The van der Waals surface area contributed by atoms with Gasteiger partial charge >= 0.3 is 6.18 Å². The topological polar surface area (TPSA) is 82.5 Å². The van der Waals surface area contributed by atoms with Gasteiger partial charge in [0.1, 0.15) is 6.04 Å². The first-order valence-corrected chi connectivity index (χ1v) is 12.6. The van der Waals surface area contributed by atoms with Crippen molar-refractivity contribution in [2.45, 2.75) is 44.4 Å². The molecule has 8 nitrogen and oxygen atoms in total.